The quantitative estimate of drug-likeness (QED) is 0.809. The van der Waals surface area contributed by atoms with Gasteiger partial charge in [-0.05, 0) is 74.2 Å². The lowest BCUT2D eigenvalue weighted by Gasteiger charge is -2.57. The van der Waals surface area contributed by atoms with Crippen LogP contribution in [0, 0.1) is 36.0 Å². The first kappa shape index (κ1) is 11.4. The summed E-state index contributed by atoms with van der Waals surface area (Å²) in [5.74, 6) is 3.26. The molecule has 19 heavy (non-hydrogen) atoms. The Morgan fingerprint density at radius 3 is 2.16 bits per heavy atom. The molecule has 1 aromatic rings. The number of nitrogen functional groups attached to an aromatic ring is 1. The molecule has 3 N–H and O–H groups in total. The molecule has 0 saturated heterocycles. The van der Waals surface area contributed by atoms with Crippen molar-refractivity contribution in [1.82, 2.24) is 4.98 Å². The van der Waals surface area contributed by atoms with Crippen LogP contribution in [0.15, 0.2) is 0 Å². The average molecular weight is 255 g/mol. The van der Waals surface area contributed by atoms with Crippen LogP contribution in [0.1, 0.15) is 55.3 Å². The highest BCUT2D eigenvalue weighted by atomic mass is 14.9. The van der Waals surface area contributed by atoms with Crippen molar-refractivity contribution >= 4 is 5.82 Å². The molecular weight excluding hydrogens is 234 g/mol. The summed E-state index contributed by atoms with van der Waals surface area (Å²) in [6, 6.07) is 2.35. The van der Waals surface area contributed by atoms with E-state index in [1.165, 1.54) is 44.1 Å². The van der Waals surface area contributed by atoms with E-state index in [1.54, 1.807) is 0 Å². The zero-order valence-electron chi connectivity index (χ0n) is 11.5. The molecule has 5 rings (SSSR count). The lowest BCUT2D eigenvalue weighted by atomic mass is 9.47. The van der Waals surface area contributed by atoms with Crippen LogP contribution in [0.5, 0.6) is 0 Å². The Morgan fingerprint density at radius 2 is 1.68 bits per heavy atom. The molecule has 4 saturated carbocycles. The lowest BCUT2D eigenvalue weighted by molar-refractivity contribution is -0.00550. The van der Waals surface area contributed by atoms with Crippen molar-refractivity contribution in [3.8, 4) is 6.07 Å². The molecule has 0 amide bonds. The van der Waals surface area contributed by atoms with Crippen LogP contribution in [0.2, 0.25) is 0 Å². The number of anilines is 1. The maximum atomic E-state index is 9.46. The molecular formula is C16H21N3. The largest absolute Gasteiger partial charge is 0.384 e. The number of hydrogen-bond donors (Lipinski definition) is 2. The van der Waals surface area contributed by atoms with Gasteiger partial charge in [0.2, 0.25) is 0 Å². The van der Waals surface area contributed by atoms with E-state index in [0.717, 1.165) is 29.0 Å². The van der Waals surface area contributed by atoms with Crippen LogP contribution in [0.3, 0.4) is 0 Å². The normalized spacial score (nSPS) is 39.5. The van der Waals surface area contributed by atoms with Crippen molar-refractivity contribution in [2.75, 3.05) is 5.73 Å². The van der Waals surface area contributed by atoms with Crippen molar-refractivity contribution in [3.05, 3.63) is 16.8 Å². The molecule has 4 aliphatic rings. The van der Waals surface area contributed by atoms with E-state index in [9.17, 15) is 5.26 Å². The molecule has 100 valence electrons. The van der Waals surface area contributed by atoms with E-state index in [1.807, 2.05) is 0 Å². The van der Waals surface area contributed by atoms with Crippen molar-refractivity contribution in [3.63, 3.8) is 0 Å². The number of H-pyrrole nitrogens is 1. The van der Waals surface area contributed by atoms with E-state index >= 15 is 0 Å². The first-order valence-corrected chi connectivity index (χ1v) is 7.50. The minimum Gasteiger partial charge on any atom is -0.384 e. The Bertz CT molecular complexity index is 540. The molecule has 0 aromatic carbocycles. The van der Waals surface area contributed by atoms with Gasteiger partial charge in [-0.25, -0.2) is 0 Å². The summed E-state index contributed by atoms with van der Waals surface area (Å²) in [6.07, 6.45) is 8.14. The number of nitrogens with two attached hydrogens (primary N) is 1. The van der Waals surface area contributed by atoms with Gasteiger partial charge >= 0.3 is 0 Å². The fraction of sp³-hybridized carbons (Fsp3) is 0.688. The van der Waals surface area contributed by atoms with Crippen molar-refractivity contribution in [1.29, 1.82) is 5.26 Å². The van der Waals surface area contributed by atoms with Gasteiger partial charge in [0.1, 0.15) is 11.9 Å². The van der Waals surface area contributed by atoms with Gasteiger partial charge in [0.15, 0.2) is 0 Å². The topological polar surface area (TPSA) is 65.6 Å². The SMILES string of the molecule is Cc1[nH]c(N)c(C#N)c1C12CC3CC(CC(C3)C1)C2. The van der Waals surface area contributed by atoms with Crippen LogP contribution in [-0.2, 0) is 5.41 Å². The van der Waals surface area contributed by atoms with Crippen LogP contribution < -0.4 is 5.73 Å². The lowest BCUT2D eigenvalue weighted by Crippen LogP contribution is -2.49. The van der Waals surface area contributed by atoms with Crippen molar-refractivity contribution in [2.24, 2.45) is 17.8 Å². The van der Waals surface area contributed by atoms with Crippen LogP contribution in [-0.4, -0.2) is 4.98 Å². The molecule has 0 radical (unpaired) electrons. The minimum absolute atomic E-state index is 0.262. The Morgan fingerprint density at radius 1 is 1.16 bits per heavy atom. The first-order valence-electron chi connectivity index (χ1n) is 7.50. The van der Waals surface area contributed by atoms with Gasteiger partial charge in [0, 0.05) is 5.69 Å². The fourth-order valence-corrected chi connectivity index (χ4v) is 5.85. The number of nitrogens with zero attached hydrogens (tertiary/aromatic N) is 1. The zero-order valence-corrected chi connectivity index (χ0v) is 11.5. The molecule has 4 bridgehead atoms. The molecule has 3 nitrogen and oxygen atoms in total. The average Bonchev–Trinajstić information content (AvgIpc) is 2.62. The van der Waals surface area contributed by atoms with E-state index in [4.69, 9.17) is 5.73 Å². The summed E-state index contributed by atoms with van der Waals surface area (Å²) in [5, 5.41) is 9.46. The predicted octanol–water partition coefficient (Wildman–Crippen LogP) is 3.24. The highest BCUT2D eigenvalue weighted by molar-refractivity contribution is 5.60. The summed E-state index contributed by atoms with van der Waals surface area (Å²) in [6.45, 7) is 2.09. The third-order valence-electron chi connectivity index (χ3n) is 5.90. The van der Waals surface area contributed by atoms with Crippen molar-refractivity contribution in [2.45, 2.75) is 50.9 Å². The smallest absolute Gasteiger partial charge is 0.119 e. The molecule has 0 atom stereocenters. The molecule has 4 aliphatic carbocycles. The minimum atomic E-state index is 0.262. The third-order valence-corrected chi connectivity index (χ3v) is 5.90. The maximum absolute atomic E-state index is 9.46. The number of hydrogen-bond acceptors (Lipinski definition) is 2. The summed E-state index contributed by atoms with van der Waals surface area (Å²) >= 11 is 0. The second-order valence-electron chi connectivity index (χ2n) is 7.22. The molecule has 4 fully saturated rings. The van der Waals surface area contributed by atoms with E-state index in [-0.39, 0.29) is 5.41 Å². The second kappa shape index (κ2) is 3.56. The second-order valence-corrected chi connectivity index (χ2v) is 7.22. The molecule has 3 heteroatoms. The predicted molar refractivity (Wildman–Crippen MR) is 74.5 cm³/mol. The molecule has 0 spiro atoms. The Hall–Kier alpha value is -1.43. The van der Waals surface area contributed by atoms with Crippen LogP contribution in [0.25, 0.3) is 0 Å². The molecule has 0 aliphatic heterocycles. The van der Waals surface area contributed by atoms with Crippen molar-refractivity contribution < 1.29 is 0 Å². The van der Waals surface area contributed by atoms with E-state index < -0.39 is 0 Å². The number of rotatable bonds is 1. The van der Waals surface area contributed by atoms with Gasteiger partial charge < -0.3 is 10.7 Å². The summed E-state index contributed by atoms with van der Waals surface area (Å²) < 4.78 is 0. The third kappa shape index (κ3) is 1.43. The number of nitriles is 1. The monoisotopic (exact) mass is 255 g/mol. The van der Waals surface area contributed by atoms with Gasteiger partial charge in [0.25, 0.3) is 0 Å². The van der Waals surface area contributed by atoms with Crippen LogP contribution in [0.4, 0.5) is 5.82 Å². The summed E-state index contributed by atoms with van der Waals surface area (Å²) in [7, 11) is 0. The highest BCUT2D eigenvalue weighted by Crippen LogP contribution is 2.61. The molecule has 1 heterocycles. The number of aryl methyl sites for hydroxylation is 1. The fourth-order valence-electron chi connectivity index (χ4n) is 5.85. The van der Waals surface area contributed by atoms with Crippen LogP contribution >= 0.6 is 0 Å². The van der Waals surface area contributed by atoms with E-state index in [0.29, 0.717) is 5.82 Å². The highest BCUT2D eigenvalue weighted by Gasteiger charge is 2.53. The summed E-state index contributed by atoms with van der Waals surface area (Å²) in [5.41, 5.74) is 9.40. The summed E-state index contributed by atoms with van der Waals surface area (Å²) in [4.78, 5) is 3.21. The Labute approximate surface area is 114 Å². The van der Waals surface area contributed by atoms with Gasteiger partial charge in [-0.1, -0.05) is 0 Å². The van der Waals surface area contributed by atoms with Gasteiger partial charge in [-0.15, -0.1) is 0 Å². The Kier molecular flexibility index (Phi) is 2.14. The van der Waals surface area contributed by atoms with Gasteiger partial charge in [0.05, 0.1) is 5.56 Å². The Balaban J connectivity index is 1.86. The number of aromatic nitrogens is 1. The van der Waals surface area contributed by atoms with E-state index in [2.05, 4.69) is 18.0 Å². The van der Waals surface area contributed by atoms with Gasteiger partial charge in [-0.3, -0.25) is 0 Å². The maximum Gasteiger partial charge on any atom is 0.119 e. The zero-order chi connectivity index (χ0) is 13.2. The number of aromatic amines is 1. The molecule has 0 unspecified atom stereocenters. The van der Waals surface area contributed by atoms with Gasteiger partial charge in [-0.2, -0.15) is 5.26 Å². The molecule has 1 aromatic heterocycles. The standard InChI is InChI=1S/C16H21N3/c1-9-14(13(8-17)15(18)19-9)16-5-10-2-11(6-16)4-12(3-10)7-16/h10-12,19H,2-7,18H2,1H3. The number of nitrogens with one attached hydrogen (secondary N) is 1. The first-order chi connectivity index (χ1) is 9.11.